The maximum Gasteiger partial charge on any atom is 0.117 e. The van der Waals surface area contributed by atoms with Gasteiger partial charge in [-0.1, -0.05) is 31.9 Å². The molecule has 1 atom stereocenters. The third kappa shape index (κ3) is 2.85. The largest absolute Gasteiger partial charge is 0.305 e. The van der Waals surface area contributed by atoms with Crippen molar-refractivity contribution in [2.45, 2.75) is 39.0 Å². The number of aryl methyl sites for hydroxylation is 2. The van der Waals surface area contributed by atoms with Crippen molar-refractivity contribution in [2.24, 2.45) is 0 Å². The molecule has 0 spiro atoms. The van der Waals surface area contributed by atoms with Crippen molar-refractivity contribution in [1.29, 1.82) is 0 Å². The Bertz CT molecular complexity index is 390. The summed E-state index contributed by atoms with van der Waals surface area (Å²) in [6, 6.07) is 6.51. The van der Waals surface area contributed by atoms with E-state index in [1.807, 2.05) is 0 Å². The number of unbranched alkanes of at least 4 members (excludes halogenated alkanes) is 2. The zero-order valence-electron chi connectivity index (χ0n) is 9.79. The smallest absolute Gasteiger partial charge is 0.117 e. The maximum absolute atomic E-state index is 11.3. The van der Waals surface area contributed by atoms with Gasteiger partial charge in [-0.25, -0.2) is 4.21 Å². The molecular weight excluding hydrogens is 218 g/mol. The van der Waals surface area contributed by atoms with Crippen LogP contribution in [0.2, 0.25) is 0 Å². The molecule has 0 saturated heterocycles. The number of anilines is 1. The zero-order valence-corrected chi connectivity index (χ0v) is 10.6. The molecule has 16 heavy (non-hydrogen) atoms. The van der Waals surface area contributed by atoms with E-state index in [0.29, 0.717) is 0 Å². The van der Waals surface area contributed by atoms with Gasteiger partial charge in [0.2, 0.25) is 0 Å². The molecule has 0 radical (unpaired) electrons. The molecule has 1 heterocycles. The van der Waals surface area contributed by atoms with E-state index in [-0.39, 0.29) is 0 Å². The molecule has 3 heteroatoms. The van der Waals surface area contributed by atoms with Crippen LogP contribution in [-0.2, 0) is 23.8 Å². The second-order valence-corrected chi connectivity index (χ2v) is 5.65. The van der Waals surface area contributed by atoms with Crippen LogP contribution in [0.15, 0.2) is 18.2 Å². The van der Waals surface area contributed by atoms with Crippen LogP contribution >= 0.6 is 0 Å². The summed E-state index contributed by atoms with van der Waals surface area (Å²) in [6.07, 6.45) is 5.96. The fraction of sp³-hybridized carbons (Fsp3) is 0.538. The van der Waals surface area contributed by atoms with Crippen LogP contribution in [0.5, 0.6) is 0 Å². The molecule has 1 N–H and O–H groups in total. The first-order valence-corrected chi connectivity index (χ1v) is 7.38. The van der Waals surface area contributed by atoms with Crippen LogP contribution in [0, 0.1) is 0 Å². The van der Waals surface area contributed by atoms with E-state index >= 15 is 0 Å². The lowest BCUT2D eigenvalue weighted by Crippen LogP contribution is -2.17. The Hall–Kier alpha value is -0.830. The molecular formula is C13H19NOS. The minimum Gasteiger partial charge on any atom is -0.305 e. The highest BCUT2D eigenvalue weighted by atomic mass is 32.2. The first-order chi connectivity index (χ1) is 7.79. The molecule has 2 rings (SSSR count). The zero-order chi connectivity index (χ0) is 11.4. The highest BCUT2D eigenvalue weighted by molar-refractivity contribution is 7.86. The lowest BCUT2D eigenvalue weighted by Gasteiger charge is -2.18. The summed E-state index contributed by atoms with van der Waals surface area (Å²) in [6.45, 7) is 2.23. The number of hydrogen-bond donors (Lipinski definition) is 1. The quantitative estimate of drug-likeness (QED) is 0.801. The van der Waals surface area contributed by atoms with Gasteiger partial charge in [0.1, 0.15) is 11.0 Å². The molecule has 1 aliphatic rings. The van der Waals surface area contributed by atoms with Crippen LogP contribution < -0.4 is 4.72 Å². The van der Waals surface area contributed by atoms with Crippen molar-refractivity contribution in [3.05, 3.63) is 29.3 Å². The Morgan fingerprint density at radius 3 is 3.06 bits per heavy atom. The molecule has 1 aromatic carbocycles. The van der Waals surface area contributed by atoms with E-state index in [9.17, 15) is 4.21 Å². The van der Waals surface area contributed by atoms with Crippen LogP contribution in [0.4, 0.5) is 5.69 Å². The molecule has 2 nitrogen and oxygen atoms in total. The SMILES string of the molecule is CCCCCc1ccc2c(c1)CCS(=O)N2. The minimum atomic E-state index is -0.865. The third-order valence-corrected chi connectivity index (χ3v) is 4.04. The molecule has 0 saturated carbocycles. The number of rotatable bonds is 4. The summed E-state index contributed by atoms with van der Waals surface area (Å²) in [5.74, 6) is 0.741. The van der Waals surface area contributed by atoms with Gasteiger partial charge in [0.25, 0.3) is 0 Å². The first-order valence-electron chi connectivity index (χ1n) is 6.06. The van der Waals surface area contributed by atoms with Gasteiger partial charge in [-0.05, 0) is 36.5 Å². The van der Waals surface area contributed by atoms with E-state index < -0.39 is 11.0 Å². The molecule has 0 aromatic heterocycles. The molecule has 1 aromatic rings. The molecule has 1 unspecified atom stereocenters. The molecule has 0 aliphatic carbocycles. The minimum absolute atomic E-state index is 0.741. The normalized spacial score (nSPS) is 18.9. The maximum atomic E-state index is 11.3. The van der Waals surface area contributed by atoms with E-state index in [0.717, 1.165) is 17.9 Å². The van der Waals surface area contributed by atoms with Gasteiger partial charge in [-0.3, -0.25) is 0 Å². The van der Waals surface area contributed by atoms with Gasteiger partial charge in [0.15, 0.2) is 0 Å². The predicted octanol–water partition coefficient (Wildman–Crippen LogP) is 3.05. The molecule has 0 amide bonds. The number of benzene rings is 1. The van der Waals surface area contributed by atoms with E-state index in [1.165, 1.54) is 36.8 Å². The molecule has 1 aliphatic heterocycles. The summed E-state index contributed by atoms with van der Waals surface area (Å²) in [7, 11) is -0.865. The average molecular weight is 237 g/mol. The second-order valence-electron chi connectivity index (χ2n) is 4.35. The molecule has 88 valence electrons. The van der Waals surface area contributed by atoms with Gasteiger partial charge in [0.05, 0.1) is 0 Å². The summed E-state index contributed by atoms with van der Waals surface area (Å²) < 4.78 is 14.3. The fourth-order valence-corrected chi connectivity index (χ4v) is 3.02. The van der Waals surface area contributed by atoms with Gasteiger partial charge in [-0.2, -0.15) is 0 Å². The topological polar surface area (TPSA) is 29.1 Å². The lowest BCUT2D eigenvalue weighted by molar-refractivity contribution is 0.684. The van der Waals surface area contributed by atoms with Crippen molar-refractivity contribution in [2.75, 3.05) is 10.5 Å². The summed E-state index contributed by atoms with van der Waals surface area (Å²) in [5.41, 5.74) is 3.80. The second kappa shape index (κ2) is 5.48. The summed E-state index contributed by atoms with van der Waals surface area (Å²) in [4.78, 5) is 0. The van der Waals surface area contributed by atoms with Crippen LogP contribution in [0.1, 0.15) is 37.3 Å². The van der Waals surface area contributed by atoms with Crippen molar-refractivity contribution in [3.63, 3.8) is 0 Å². The number of hydrogen-bond acceptors (Lipinski definition) is 1. The van der Waals surface area contributed by atoms with Gasteiger partial charge in [-0.15, -0.1) is 0 Å². The van der Waals surface area contributed by atoms with Crippen LogP contribution in [0.25, 0.3) is 0 Å². The van der Waals surface area contributed by atoms with Crippen molar-refractivity contribution in [3.8, 4) is 0 Å². The molecule has 0 bridgehead atoms. The van der Waals surface area contributed by atoms with Crippen molar-refractivity contribution < 1.29 is 4.21 Å². The monoisotopic (exact) mass is 237 g/mol. The highest BCUT2D eigenvalue weighted by Gasteiger charge is 2.13. The first kappa shape index (κ1) is 11.6. The highest BCUT2D eigenvalue weighted by Crippen LogP contribution is 2.23. The van der Waals surface area contributed by atoms with Crippen LogP contribution in [0.3, 0.4) is 0 Å². The number of fused-ring (bicyclic) bond motifs is 1. The van der Waals surface area contributed by atoms with Gasteiger partial charge < -0.3 is 4.72 Å². The summed E-state index contributed by atoms with van der Waals surface area (Å²) >= 11 is 0. The number of nitrogens with one attached hydrogen (secondary N) is 1. The Morgan fingerprint density at radius 1 is 1.38 bits per heavy atom. The predicted molar refractivity (Wildman–Crippen MR) is 70.0 cm³/mol. The van der Waals surface area contributed by atoms with E-state index in [4.69, 9.17) is 0 Å². The van der Waals surface area contributed by atoms with E-state index in [1.54, 1.807) is 0 Å². The Kier molecular flexibility index (Phi) is 3.99. The fourth-order valence-electron chi connectivity index (χ4n) is 2.06. The van der Waals surface area contributed by atoms with E-state index in [2.05, 4.69) is 29.8 Å². The third-order valence-electron chi connectivity index (χ3n) is 3.02. The van der Waals surface area contributed by atoms with Crippen LogP contribution in [-0.4, -0.2) is 9.96 Å². The Balaban J connectivity index is 2.04. The average Bonchev–Trinajstić information content (AvgIpc) is 2.29. The lowest BCUT2D eigenvalue weighted by atomic mass is 10.0. The van der Waals surface area contributed by atoms with Crippen molar-refractivity contribution in [1.82, 2.24) is 0 Å². The van der Waals surface area contributed by atoms with Gasteiger partial charge in [0, 0.05) is 11.4 Å². The van der Waals surface area contributed by atoms with Crippen molar-refractivity contribution >= 4 is 16.7 Å². The molecule has 0 fully saturated rings. The summed E-state index contributed by atoms with van der Waals surface area (Å²) in [5, 5.41) is 0. The Labute approximate surface area is 100 Å². The van der Waals surface area contributed by atoms with Gasteiger partial charge >= 0.3 is 0 Å². The standard InChI is InChI=1S/C13H19NOS/c1-2-3-4-5-11-6-7-13-12(10-11)8-9-16(15)14-13/h6-7,10,14H,2-5,8-9H2,1H3. The Morgan fingerprint density at radius 2 is 2.25 bits per heavy atom.